The van der Waals surface area contributed by atoms with Gasteiger partial charge in [-0.05, 0) is 57.2 Å². The fourth-order valence-electron chi connectivity index (χ4n) is 5.56. The van der Waals surface area contributed by atoms with Crippen LogP contribution in [0, 0.1) is 17.8 Å². The predicted molar refractivity (Wildman–Crippen MR) is 180 cm³/mol. The molecule has 10 heteroatoms. The number of hydrogen-bond acceptors (Lipinski definition) is 8. The Hall–Kier alpha value is -3.39. The first-order valence-electron chi connectivity index (χ1n) is 17.0. The lowest BCUT2D eigenvalue weighted by molar-refractivity contribution is -0.168. The van der Waals surface area contributed by atoms with Gasteiger partial charge in [0.25, 0.3) is 0 Å². The second kappa shape index (κ2) is 21.5. The van der Waals surface area contributed by atoms with Crippen molar-refractivity contribution in [1.29, 1.82) is 0 Å². The van der Waals surface area contributed by atoms with E-state index in [4.69, 9.17) is 18.9 Å². The first kappa shape index (κ1) is 39.8. The van der Waals surface area contributed by atoms with Crippen LogP contribution in [0.2, 0.25) is 0 Å². The summed E-state index contributed by atoms with van der Waals surface area (Å²) in [5.41, 5.74) is -1.68. The van der Waals surface area contributed by atoms with Crippen molar-refractivity contribution in [3.05, 3.63) is 42.0 Å². The number of amides is 1. The summed E-state index contributed by atoms with van der Waals surface area (Å²) in [5.74, 6) is 1.25. The van der Waals surface area contributed by atoms with E-state index in [9.17, 15) is 24.6 Å². The Labute approximate surface area is 280 Å². The topological polar surface area (TPSA) is 141 Å². The number of benzene rings is 1. The first-order valence-corrected chi connectivity index (χ1v) is 17.0. The van der Waals surface area contributed by atoms with Gasteiger partial charge in [-0.3, -0.25) is 4.79 Å². The van der Waals surface area contributed by atoms with Crippen LogP contribution in [-0.4, -0.2) is 72.4 Å². The van der Waals surface area contributed by atoms with Crippen LogP contribution in [0.3, 0.4) is 0 Å². The van der Waals surface area contributed by atoms with Crippen LogP contribution < -0.4 is 10.1 Å². The van der Waals surface area contributed by atoms with Crippen LogP contribution in [0.5, 0.6) is 5.75 Å². The van der Waals surface area contributed by atoms with Gasteiger partial charge in [-0.1, -0.05) is 75.7 Å². The molecule has 10 nitrogen and oxygen atoms in total. The Bertz CT molecular complexity index is 1180. The highest BCUT2D eigenvalue weighted by atomic mass is 16.7. The summed E-state index contributed by atoms with van der Waals surface area (Å²) in [7, 11) is 1.21. The van der Waals surface area contributed by atoms with E-state index in [0.717, 1.165) is 57.4 Å². The van der Waals surface area contributed by atoms with E-state index in [1.165, 1.54) is 38.9 Å². The van der Waals surface area contributed by atoms with Gasteiger partial charge in [-0.2, -0.15) is 0 Å². The minimum atomic E-state index is -2.40. The average molecular weight is 658 g/mol. The minimum Gasteiger partial charge on any atom is -0.481 e. The first-order chi connectivity index (χ1) is 22.6. The van der Waals surface area contributed by atoms with Gasteiger partial charge in [0.2, 0.25) is 5.91 Å². The lowest BCUT2D eigenvalue weighted by atomic mass is 9.87. The maximum Gasteiger partial charge on any atom is 0.336 e. The van der Waals surface area contributed by atoms with Crippen LogP contribution in [0.15, 0.2) is 36.4 Å². The molecule has 1 aromatic carbocycles. The lowest BCUT2D eigenvalue weighted by Crippen LogP contribution is -2.53. The molecule has 3 N–H and O–H groups in total. The smallest absolute Gasteiger partial charge is 0.336 e. The van der Waals surface area contributed by atoms with Crippen LogP contribution in [0.4, 0.5) is 0 Å². The number of methoxy groups -OCH3 is 1. The highest BCUT2D eigenvalue weighted by Gasteiger charge is 2.43. The third-order valence-corrected chi connectivity index (χ3v) is 8.46. The number of esters is 1. The third kappa shape index (κ3) is 14.1. The van der Waals surface area contributed by atoms with E-state index in [2.05, 4.69) is 24.1 Å². The van der Waals surface area contributed by atoms with Crippen molar-refractivity contribution in [1.82, 2.24) is 5.32 Å². The zero-order valence-corrected chi connectivity index (χ0v) is 28.7. The molecule has 1 saturated heterocycles. The Kier molecular flexibility index (Phi) is 18.2. The number of aliphatic hydroxyl groups is 1. The zero-order chi connectivity index (χ0) is 34.5. The molecule has 0 aliphatic carbocycles. The van der Waals surface area contributed by atoms with E-state index in [1.54, 1.807) is 37.3 Å². The van der Waals surface area contributed by atoms with E-state index in [1.807, 2.05) is 0 Å². The largest absolute Gasteiger partial charge is 0.481 e. The van der Waals surface area contributed by atoms with Gasteiger partial charge in [0.15, 0.2) is 11.4 Å². The highest BCUT2D eigenvalue weighted by Crippen LogP contribution is 2.32. The van der Waals surface area contributed by atoms with E-state index in [0.29, 0.717) is 25.4 Å². The van der Waals surface area contributed by atoms with E-state index < -0.39 is 41.2 Å². The molecule has 0 saturated carbocycles. The highest BCUT2D eigenvalue weighted by molar-refractivity contribution is 5.92. The second-order valence-electron chi connectivity index (χ2n) is 12.2. The summed E-state index contributed by atoms with van der Waals surface area (Å²) in [6, 6.07) is 5.87. The number of carbonyl (C=O) groups is 3. The molecule has 1 fully saturated rings. The Balaban J connectivity index is 1.92. The number of carboxylic acids is 1. The van der Waals surface area contributed by atoms with Crippen molar-refractivity contribution >= 4 is 17.8 Å². The summed E-state index contributed by atoms with van der Waals surface area (Å²) in [5, 5.41) is 23.1. The van der Waals surface area contributed by atoms with Crippen molar-refractivity contribution in [2.45, 2.75) is 122 Å². The molecule has 1 aliphatic rings. The van der Waals surface area contributed by atoms with Gasteiger partial charge < -0.3 is 34.5 Å². The average Bonchev–Trinajstić information content (AvgIpc) is 3.52. The van der Waals surface area contributed by atoms with Crippen molar-refractivity contribution in [2.75, 3.05) is 26.9 Å². The normalized spacial score (nSPS) is 16.4. The van der Waals surface area contributed by atoms with Crippen LogP contribution in [0.25, 0.3) is 0 Å². The van der Waals surface area contributed by atoms with Gasteiger partial charge >= 0.3 is 11.9 Å². The standard InChI is InChI=1S/C37H55NO9/c1-5-7-9-13-16-23-37(46-26-27-47-37)24-17-14-11-10-12-15-18-31(36(3,43)35(41)42)33(39)38-32(34(40)44-4)28-29-19-21-30(22-20-29)45-25-8-6-2/h15,18-22,31-32,43H,5,7,9-14,16-17,23-28H2,1-4H3,(H,38,39)(H,41,42)/t31?,32-,36?/m0/s1. The number of hydrogen-bond donors (Lipinski definition) is 3. The summed E-state index contributed by atoms with van der Waals surface area (Å²) in [6.07, 6.45) is 15.4. The molecular weight excluding hydrogens is 602 g/mol. The molecule has 0 aromatic heterocycles. The molecule has 1 heterocycles. The number of aliphatic carboxylic acids is 1. The molecule has 1 aliphatic heterocycles. The van der Waals surface area contributed by atoms with Crippen molar-refractivity contribution in [2.24, 2.45) is 5.92 Å². The third-order valence-electron chi connectivity index (χ3n) is 8.46. The van der Waals surface area contributed by atoms with Gasteiger partial charge in [0.05, 0.1) is 26.2 Å². The quantitative estimate of drug-likeness (QED) is 0.0582. The SMILES string of the molecule is CC#CCOc1ccc(C[C@H](NC(=O)C(C=CCCCCCCC2(CCCCCCC)OCCO2)C(C)(O)C(=O)O)C(=O)OC)cc1. The number of ether oxygens (including phenoxy) is 4. The summed E-state index contributed by atoms with van der Waals surface area (Å²) in [4.78, 5) is 37.9. The molecular formula is C37H55NO9. The monoisotopic (exact) mass is 657 g/mol. The van der Waals surface area contributed by atoms with Crippen LogP contribution >= 0.6 is 0 Å². The minimum absolute atomic E-state index is 0.0926. The maximum atomic E-state index is 13.4. The molecule has 262 valence electrons. The molecule has 3 atom stereocenters. The molecule has 1 aromatic rings. The number of nitrogens with one attached hydrogen (secondary N) is 1. The summed E-state index contributed by atoms with van der Waals surface area (Å²) in [6.45, 7) is 6.55. The van der Waals surface area contributed by atoms with Crippen molar-refractivity contribution in [3.8, 4) is 17.6 Å². The molecule has 2 rings (SSSR count). The lowest BCUT2D eigenvalue weighted by Gasteiger charge is -2.27. The van der Waals surface area contributed by atoms with Gasteiger partial charge in [-0.15, -0.1) is 5.92 Å². The molecule has 0 spiro atoms. The predicted octanol–water partition coefficient (Wildman–Crippen LogP) is 5.74. The van der Waals surface area contributed by atoms with E-state index in [-0.39, 0.29) is 13.0 Å². The van der Waals surface area contributed by atoms with Crippen LogP contribution in [-0.2, 0) is 35.0 Å². The maximum absolute atomic E-state index is 13.4. The fraction of sp³-hybridized carbons (Fsp3) is 0.649. The van der Waals surface area contributed by atoms with Crippen molar-refractivity contribution in [3.63, 3.8) is 0 Å². The number of carbonyl (C=O) groups excluding carboxylic acids is 2. The van der Waals surface area contributed by atoms with Crippen molar-refractivity contribution < 1.29 is 43.5 Å². The molecule has 2 unspecified atom stereocenters. The number of allylic oxidation sites excluding steroid dienone is 1. The molecule has 0 bridgehead atoms. The second-order valence-corrected chi connectivity index (χ2v) is 12.2. The Morgan fingerprint density at radius 1 is 1.02 bits per heavy atom. The Morgan fingerprint density at radius 3 is 2.21 bits per heavy atom. The molecule has 47 heavy (non-hydrogen) atoms. The summed E-state index contributed by atoms with van der Waals surface area (Å²) >= 11 is 0. The number of rotatable bonds is 23. The van der Waals surface area contributed by atoms with Gasteiger partial charge in [0.1, 0.15) is 18.4 Å². The van der Waals surface area contributed by atoms with E-state index >= 15 is 0 Å². The van der Waals surface area contributed by atoms with Gasteiger partial charge in [-0.25, -0.2) is 9.59 Å². The zero-order valence-electron chi connectivity index (χ0n) is 28.7. The molecule has 1 amide bonds. The Morgan fingerprint density at radius 2 is 1.64 bits per heavy atom. The van der Waals surface area contributed by atoms with Gasteiger partial charge in [0, 0.05) is 19.3 Å². The fourth-order valence-corrected chi connectivity index (χ4v) is 5.56. The molecule has 0 radical (unpaired) electrons. The number of unbranched alkanes of at least 4 members (excludes halogenated alkanes) is 8. The number of carboxylic acid groups (broad SMARTS) is 1. The summed E-state index contributed by atoms with van der Waals surface area (Å²) < 4.78 is 22.4. The van der Waals surface area contributed by atoms with Crippen LogP contribution in [0.1, 0.15) is 103 Å².